The van der Waals surface area contributed by atoms with Gasteiger partial charge < -0.3 is 16.0 Å². The summed E-state index contributed by atoms with van der Waals surface area (Å²) in [5.41, 5.74) is 5.51. The first-order valence-electron chi connectivity index (χ1n) is 5.97. The van der Waals surface area contributed by atoms with Gasteiger partial charge in [-0.25, -0.2) is 8.78 Å². The molecule has 19 heavy (non-hydrogen) atoms. The Hall–Kier alpha value is -1.53. The molecule has 3 N–H and O–H groups in total. The van der Waals surface area contributed by atoms with Crippen LogP contribution < -0.4 is 11.1 Å². The molecule has 106 valence electrons. The summed E-state index contributed by atoms with van der Waals surface area (Å²) in [4.78, 5) is 13.2. The van der Waals surface area contributed by atoms with Crippen LogP contribution in [-0.2, 0) is 6.42 Å². The van der Waals surface area contributed by atoms with Gasteiger partial charge in [0.05, 0.1) is 5.56 Å². The van der Waals surface area contributed by atoms with Crippen LogP contribution in [0.1, 0.15) is 15.9 Å². The number of amides is 1. The zero-order valence-corrected chi connectivity index (χ0v) is 11.3. The van der Waals surface area contributed by atoms with Gasteiger partial charge in [-0.1, -0.05) is 0 Å². The van der Waals surface area contributed by atoms with Gasteiger partial charge in [-0.2, -0.15) is 0 Å². The molecule has 0 radical (unpaired) electrons. The third-order valence-corrected chi connectivity index (χ3v) is 3.07. The molecule has 1 atom stereocenters. The number of nitrogens with one attached hydrogen (secondary N) is 1. The quantitative estimate of drug-likeness (QED) is 0.831. The zero-order chi connectivity index (χ0) is 14.6. The van der Waals surface area contributed by atoms with Gasteiger partial charge in [0.1, 0.15) is 11.6 Å². The average Bonchev–Trinajstić information content (AvgIpc) is 2.37. The summed E-state index contributed by atoms with van der Waals surface area (Å²) in [7, 11) is 5.01. The summed E-state index contributed by atoms with van der Waals surface area (Å²) >= 11 is 0. The van der Waals surface area contributed by atoms with Crippen molar-refractivity contribution in [3.63, 3.8) is 0 Å². The van der Waals surface area contributed by atoms with Crippen LogP contribution in [0.15, 0.2) is 12.1 Å². The minimum Gasteiger partial charge on any atom is -0.355 e. The summed E-state index contributed by atoms with van der Waals surface area (Å²) in [6.45, 7) is 0.339. The standard InChI is InChI=1S/C13H19F2N3O/c1-17-13(19)10-6-11(14)8(5-12(10)15)4-9(7-16)18(2)3/h5-6,9H,4,7,16H2,1-3H3,(H,17,19)/t9-/m0/s1. The van der Waals surface area contributed by atoms with Crippen LogP contribution in [-0.4, -0.2) is 44.5 Å². The number of likely N-dealkylation sites (N-methyl/N-ethyl adjacent to an activating group) is 1. The van der Waals surface area contributed by atoms with Gasteiger partial charge in [-0.05, 0) is 38.2 Å². The van der Waals surface area contributed by atoms with E-state index in [2.05, 4.69) is 5.32 Å². The Bertz CT molecular complexity index is 463. The van der Waals surface area contributed by atoms with Crippen molar-refractivity contribution in [2.75, 3.05) is 27.7 Å². The van der Waals surface area contributed by atoms with Crippen molar-refractivity contribution in [3.05, 3.63) is 34.9 Å². The maximum absolute atomic E-state index is 13.9. The van der Waals surface area contributed by atoms with Gasteiger partial charge in [0.15, 0.2) is 0 Å². The summed E-state index contributed by atoms with van der Waals surface area (Å²) in [6.07, 6.45) is 0.292. The predicted molar refractivity (Wildman–Crippen MR) is 70.0 cm³/mol. The molecule has 1 rings (SSSR count). The fourth-order valence-corrected chi connectivity index (χ4v) is 1.78. The molecule has 0 aliphatic carbocycles. The average molecular weight is 271 g/mol. The Morgan fingerprint density at radius 1 is 1.37 bits per heavy atom. The first-order valence-corrected chi connectivity index (χ1v) is 5.97. The number of rotatable bonds is 5. The number of hydrogen-bond acceptors (Lipinski definition) is 3. The highest BCUT2D eigenvalue weighted by molar-refractivity contribution is 5.94. The highest BCUT2D eigenvalue weighted by Crippen LogP contribution is 2.17. The topological polar surface area (TPSA) is 58.4 Å². The van der Waals surface area contributed by atoms with Crippen molar-refractivity contribution in [2.24, 2.45) is 5.73 Å². The number of nitrogens with two attached hydrogens (primary N) is 1. The second kappa shape index (κ2) is 6.58. The molecule has 4 nitrogen and oxygen atoms in total. The van der Waals surface area contributed by atoms with E-state index in [1.807, 2.05) is 19.0 Å². The molecule has 0 fully saturated rings. The molecule has 0 bridgehead atoms. The number of carbonyl (C=O) groups is 1. The molecule has 6 heteroatoms. The van der Waals surface area contributed by atoms with Gasteiger partial charge in [-0.15, -0.1) is 0 Å². The Balaban J connectivity index is 3.05. The lowest BCUT2D eigenvalue weighted by Crippen LogP contribution is -2.37. The molecule has 0 aliphatic heterocycles. The normalized spacial score (nSPS) is 12.6. The van der Waals surface area contributed by atoms with Crippen LogP contribution in [0.2, 0.25) is 0 Å². The van der Waals surface area contributed by atoms with Crippen LogP contribution >= 0.6 is 0 Å². The molecule has 0 aromatic heterocycles. The third-order valence-electron chi connectivity index (χ3n) is 3.07. The molecule has 0 saturated heterocycles. The highest BCUT2D eigenvalue weighted by Gasteiger charge is 2.18. The lowest BCUT2D eigenvalue weighted by Gasteiger charge is -2.23. The number of carbonyl (C=O) groups excluding carboxylic acids is 1. The second-order valence-electron chi connectivity index (χ2n) is 4.56. The Morgan fingerprint density at radius 2 is 2.00 bits per heavy atom. The van der Waals surface area contributed by atoms with E-state index in [-0.39, 0.29) is 17.2 Å². The SMILES string of the molecule is CNC(=O)c1cc(F)c(C[C@@H](CN)N(C)C)cc1F. The maximum Gasteiger partial charge on any atom is 0.254 e. The van der Waals surface area contributed by atoms with Crippen LogP contribution in [0.4, 0.5) is 8.78 Å². The van der Waals surface area contributed by atoms with E-state index in [9.17, 15) is 13.6 Å². The van der Waals surface area contributed by atoms with Gasteiger partial charge in [-0.3, -0.25) is 4.79 Å². The molecule has 1 aromatic carbocycles. The van der Waals surface area contributed by atoms with Crippen molar-refractivity contribution < 1.29 is 13.6 Å². The Labute approximate surface area is 111 Å². The molecular formula is C13H19F2N3O. The van der Waals surface area contributed by atoms with Crippen LogP contribution in [0, 0.1) is 11.6 Å². The molecule has 1 amide bonds. The largest absolute Gasteiger partial charge is 0.355 e. The van der Waals surface area contributed by atoms with Gasteiger partial charge in [0, 0.05) is 19.6 Å². The minimum atomic E-state index is -0.731. The molecule has 0 unspecified atom stereocenters. The summed E-state index contributed by atoms with van der Waals surface area (Å²) in [6, 6.07) is 1.90. The van der Waals surface area contributed by atoms with E-state index in [0.717, 1.165) is 12.1 Å². The third kappa shape index (κ3) is 3.71. The van der Waals surface area contributed by atoms with E-state index < -0.39 is 17.5 Å². The summed E-state index contributed by atoms with van der Waals surface area (Å²) in [5, 5.41) is 2.27. The van der Waals surface area contributed by atoms with Gasteiger partial charge in [0.2, 0.25) is 0 Å². The molecule has 0 saturated carbocycles. The maximum atomic E-state index is 13.9. The zero-order valence-electron chi connectivity index (χ0n) is 11.3. The Kier molecular flexibility index (Phi) is 5.38. The first-order chi connectivity index (χ1) is 8.90. The highest BCUT2D eigenvalue weighted by atomic mass is 19.1. The lowest BCUT2D eigenvalue weighted by molar-refractivity contribution is 0.0958. The molecule has 0 heterocycles. The van der Waals surface area contributed by atoms with E-state index >= 15 is 0 Å². The summed E-state index contributed by atoms with van der Waals surface area (Å²) in [5.74, 6) is -1.98. The monoisotopic (exact) mass is 271 g/mol. The van der Waals surface area contributed by atoms with E-state index in [1.165, 1.54) is 7.05 Å². The fraction of sp³-hybridized carbons (Fsp3) is 0.462. The van der Waals surface area contributed by atoms with Crippen molar-refractivity contribution in [1.29, 1.82) is 0 Å². The molecule has 0 aliphatic rings. The number of halogens is 2. The van der Waals surface area contributed by atoms with E-state index in [1.54, 1.807) is 0 Å². The lowest BCUT2D eigenvalue weighted by atomic mass is 10.0. The number of nitrogens with zero attached hydrogens (tertiary/aromatic N) is 1. The van der Waals surface area contributed by atoms with Crippen molar-refractivity contribution in [1.82, 2.24) is 10.2 Å². The number of hydrogen-bond donors (Lipinski definition) is 2. The minimum absolute atomic E-state index is 0.0836. The van der Waals surface area contributed by atoms with Crippen LogP contribution in [0.25, 0.3) is 0 Å². The van der Waals surface area contributed by atoms with Crippen molar-refractivity contribution in [2.45, 2.75) is 12.5 Å². The van der Waals surface area contributed by atoms with Gasteiger partial charge >= 0.3 is 0 Å². The van der Waals surface area contributed by atoms with Crippen molar-refractivity contribution in [3.8, 4) is 0 Å². The van der Waals surface area contributed by atoms with Crippen LogP contribution in [0.5, 0.6) is 0 Å². The predicted octanol–water partition coefficient (Wildman–Crippen LogP) is 0.756. The van der Waals surface area contributed by atoms with Gasteiger partial charge in [0.25, 0.3) is 5.91 Å². The fourth-order valence-electron chi connectivity index (χ4n) is 1.78. The smallest absolute Gasteiger partial charge is 0.254 e. The number of benzene rings is 1. The molecular weight excluding hydrogens is 252 g/mol. The molecule has 1 aromatic rings. The second-order valence-corrected chi connectivity index (χ2v) is 4.56. The molecule has 0 spiro atoms. The first kappa shape index (κ1) is 15.5. The van der Waals surface area contributed by atoms with Crippen molar-refractivity contribution >= 4 is 5.91 Å². The van der Waals surface area contributed by atoms with E-state index in [4.69, 9.17) is 5.73 Å². The van der Waals surface area contributed by atoms with Crippen LogP contribution in [0.3, 0.4) is 0 Å². The van der Waals surface area contributed by atoms with E-state index in [0.29, 0.717) is 13.0 Å². The summed E-state index contributed by atoms with van der Waals surface area (Å²) < 4.78 is 27.6. The Morgan fingerprint density at radius 3 is 2.47 bits per heavy atom.